The van der Waals surface area contributed by atoms with E-state index in [4.69, 9.17) is 13.9 Å². The van der Waals surface area contributed by atoms with Crippen LogP contribution in [0.2, 0.25) is 0 Å². The largest absolute Gasteiger partial charge is 0.497 e. The molecule has 2 aromatic rings. The van der Waals surface area contributed by atoms with Gasteiger partial charge in [-0.25, -0.2) is 0 Å². The van der Waals surface area contributed by atoms with E-state index in [-0.39, 0.29) is 5.91 Å². The van der Waals surface area contributed by atoms with Crippen LogP contribution in [-0.4, -0.2) is 55.6 Å². The average molecular weight is 429 g/mol. The van der Waals surface area contributed by atoms with Gasteiger partial charge in [0.25, 0.3) is 5.91 Å². The summed E-state index contributed by atoms with van der Waals surface area (Å²) >= 11 is 0. The van der Waals surface area contributed by atoms with Gasteiger partial charge in [-0.1, -0.05) is 13.8 Å². The molecule has 0 radical (unpaired) electrons. The number of furan rings is 1. The number of carbonyl (C=O) groups excluding carboxylic acids is 1. The summed E-state index contributed by atoms with van der Waals surface area (Å²) in [4.78, 5) is 17.1. The van der Waals surface area contributed by atoms with Crippen molar-refractivity contribution in [3.8, 4) is 11.5 Å². The molecule has 2 aliphatic heterocycles. The molecular formula is C25H36N2O4. The van der Waals surface area contributed by atoms with Crippen LogP contribution in [0, 0.1) is 5.92 Å². The van der Waals surface area contributed by atoms with Crippen molar-refractivity contribution in [2.75, 3.05) is 39.9 Å². The summed E-state index contributed by atoms with van der Waals surface area (Å²) in [6.45, 7) is 9.22. The normalized spacial score (nSPS) is 17.2. The summed E-state index contributed by atoms with van der Waals surface area (Å²) in [6, 6.07) is 11.4. The van der Waals surface area contributed by atoms with Gasteiger partial charge < -0.3 is 18.8 Å². The van der Waals surface area contributed by atoms with Crippen LogP contribution in [0.5, 0.6) is 11.5 Å². The van der Waals surface area contributed by atoms with Gasteiger partial charge in [-0.05, 0) is 81.1 Å². The van der Waals surface area contributed by atoms with Crippen LogP contribution >= 0.6 is 0 Å². The van der Waals surface area contributed by atoms with Gasteiger partial charge in [0.1, 0.15) is 17.3 Å². The third-order valence-electron chi connectivity index (χ3n) is 5.90. The maximum absolute atomic E-state index is 12.8. The fraction of sp³-hybridized carbons (Fsp3) is 0.560. The molecule has 4 rings (SSSR count). The zero-order chi connectivity index (χ0) is 22.1. The van der Waals surface area contributed by atoms with Gasteiger partial charge in [-0.15, -0.1) is 0 Å². The lowest BCUT2D eigenvalue weighted by atomic mass is 9.97. The van der Waals surface area contributed by atoms with Crippen LogP contribution in [-0.2, 0) is 6.54 Å². The number of methoxy groups -OCH3 is 1. The predicted octanol–water partition coefficient (Wildman–Crippen LogP) is 4.84. The smallest absolute Gasteiger partial charge is 0.289 e. The van der Waals surface area contributed by atoms with Crippen LogP contribution in [0.15, 0.2) is 40.8 Å². The van der Waals surface area contributed by atoms with Crippen molar-refractivity contribution in [3.05, 3.63) is 47.9 Å². The Morgan fingerprint density at radius 3 is 2.26 bits per heavy atom. The maximum Gasteiger partial charge on any atom is 0.289 e. The van der Waals surface area contributed by atoms with Crippen molar-refractivity contribution < 1.29 is 18.7 Å². The zero-order valence-electron chi connectivity index (χ0n) is 19.1. The van der Waals surface area contributed by atoms with E-state index in [1.54, 1.807) is 7.11 Å². The molecule has 6 nitrogen and oxygen atoms in total. The Morgan fingerprint density at radius 2 is 1.61 bits per heavy atom. The number of hydrogen-bond acceptors (Lipinski definition) is 5. The van der Waals surface area contributed by atoms with Gasteiger partial charge in [0, 0.05) is 13.1 Å². The van der Waals surface area contributed by atoms with E-state index in [0.717, 1.165) is 62.8 Å². The van der Waals surface area contributed by atoms with Gasteiger partial charge in [-0.3, -0.25) is 9.69 Å². The molecule has 0 aliphatic carbocycles. The topological polar surface area (TPSA) is 55.2 Å². The van der Waals surface area contributed by atoms with Crippen LogP contribution in [0.25, 0.3) is 0 Å². The minimum Gasteiger partial charge on any atom is -0.497 e. The maximum atomic E-state index is 12.8. The molecule has 3 heterocycles. The molecule has 31 heavy (non-hydrogen) atoms. The van der Waals surface area contributed by atoms with E-state index in [0.29, 0.717) is 18.3 Å². The van der Waals surface area contributed by atoms with Gasteiger partial charge in [-0.2, -0.15) is 0 Å². The standard InChI is InChI=1S/C23H30N2O4.C2H6/c1-27-19-4-6-20(7-5-19)28-17-18-10-14-25(15-11-18)23(26)22-9-8-21(29-22)16-24-12-2-3-13-24;1-2/h4-9,18H,2-3,10-17H2,1H3;1-2H3. The summed E-state index contributed by atoms with van der Waals surface area (Å²) in [5.41, 5.74) is 0. The molecule has 0 atom stereocenters. The number of piperidine rings is 1. The van der Waals surface area contributed by atoms with E-state index in [1.165, 1.54) is 12.8 Å². The van der Waals surface area contributed by atoms with E-state index in [1.807, 2.05) is 55.1 Å². The molecule has 1 aromatic carbocycles. The quantitative estimate of drug-likeness (QED) is 0.632. The van der Waals surface area contributed by atoms with E-state index in [9.17, 15) is 4.79 Å². The highest BCUT2D eigenvalue weighted by molar-refractivity contribution is 5.91. The van der Waals surface area contributed by atoms with Crippen molar-refractivity contribution in [3.63, 3.8) is 0 Å². The summed E-state index contributed by atoms with van der Waals surface area (Å²) in [7, 11) is 1.65. The minimum atomic E-state index is 0.00666. The van der Waals surface area contributed by atoms with Crippen LogP contribution in [0.1, 0.15) is 55.8 Å². The number of benzene rings is 1. The Labute approximate surface area is 186 Å². The van der Waals surface area contributed by atoms with Crippen LogP contribution in [0.3, 0.4) is 0 Å². The Kier molecular flexibility index (Phi) is 8.83. The predicted molar refractivity (Wildman–Crippen MR) is 122 cm³/mol. The molecule has 0 bridgehead atoms. The average Bonchev–Trinajstić information content (AvgIpc) is 3.52. The second-order valence-corrected chi connectivity index (χ2v) is 7.97. The molecule has 0 unspecified atom stereocenters. The molecular weight excluding hydrogens is 392 g/mol. The lowest BCUT2D eigenvalue weighted by molar-refractivity contribution is 0.0626. The highest BCUT2D eigenvalue weighted by atomic mass is 16.5. The second kappa shape index (κ2) is 11.8. The number of nitrogens with zero attached hydrogens (tertiary/aromatic N) is 2. The first-order valence-corrected chi connectivity index (χ1v) is 11.6. The Balaban J connectivity index is 0.00000132. The molecule has 2 fully saturated rings. The van der Waals surface area contributed by atoms with Gasteiger partial charge in [0.15, 0.2) is 5.76 Å². The number of carbonyl (C=O) groups is 1. The van der Waals surface area contributed by atoms with Crippen molar-refractivity contribution in [2.24, 2.45) is 5.92 Å². The first-order valence-electron chi connectivity index (χ1n) is 11.6. The second-order valence-electron chi connectivity index (χ2n) is 7.97. The van der Waals surface area contributed by atoms with Gasteiger partial charge in [0.2, 0.25) is 0 Å². The fourth-order valence-electron chi connectivity index (χ4n) is 4.08. The zero-order valence-corrected chi connectivity index (χ0v) is 19.1. The van der Waals surface area contributed by atoms with Crippen molar-refractivity contribution >= 4 is 5.91 Å². The number of ether oxygens (including phenoxy) is 2. The number of amides is 1. The van der Waals surface area contributed by atoms with Crippen LogP contribution < -0.4 is 9.47 Å². The van der Waals surface area contributed by atoms with E-state index >= 15 is 0 Å². The van der Waals surface area contributed by atoms with Gasteiger partial charge in [0.05, 0.1) is 20.3 Å². The number of likely N-dealkylation sites (tertiary alicyclic amines) is 2. The molecule has 2 aliphatic rings. The van der Waals surface area contributed by atoms with Crippen molar-refractivity contribution in [1.29, 1.82) is 0 Å². The highest BCUT2D eigenvalue weighted by Crippen LogP contribution is 2.23. The van der Waals surface area contributed by atoms with Crippen LogP contribution in [0.4, 0.5) is 0 Å². The monoisotopic (exact) mass is 428 g/mol. The fourth-order valence-corrected chi connectivity index (χ4v) is 4.08. The summed E-state index contributed by atoms with van der Waals surface area (Å²) in [6.07, 6.45) is 4.40. The molecule has 170 valence electrons. The first-order chi connectivity index (χ1) is 15.2. The van der Waals surface area contributed by atoms with E-state index < -0.39 is 0 Å². The molecule has 0 spiro atoms. The lowest BCUT2D eigenvalue weighted by Crippen LogP contribution is -2.39. The Morgan fingerprint density at radius 1 is 0.968 bits per heavy atom. The Bertz CT molecular complexity index is 788. The molecule has 0 saturated carbocycles. The van der Waals surface area contributed by atoms with Gasteiger partial charge >= 0.3 is 0 Å². The minimum absolute atomic E-state index is 0.00666. The van der Waals surface area contributed by atoms with E-state index in [2.05, 4.69) is 4.90 Å². The molecule has 6 heteroatoms. The van der Waals surface area contributed by atoms with Crippen molar-refractivity contribution in [2.45, 2.75) is 46.1 Å². The summed E-state index contributed by atoms with van der Waals surface area (Å²) in [5, 5.41) is 0. The summed E-state index contributed by atoms with van der Waals surface area (Å²) in [5.74, 6) is 3.50. The first kappa shape index (κ1) is 23.2. The SMILES string of the molecule is CC.COc1ccc(OCC2CCN(C(=O)c3ccc(CN4CCCC4)o3)CC2)cc1. The molecule has 0 N–H and O–H groups in total. The Hall–Kier alpha value is -2.47. The molecule has 2 saturated heterocycles. The number of rotatable bonds is 7. The number of hydrogen-bond donors (Lipinski definition) is 0. The lowest BCUT2D eigenvalue weighted by Gasteiger charge is -2.31. The van der Waals surface area contributed by atoms with Crippen molar-refractivity contribution in [1.82, 2.24) is 9.80 Å². The molecule has 1 aromatic heterocycles. The summed E-state index contributed by atoms with van der Waals surface area (Å²) < 4.78 is 16.9. The third kappa shape index (κ3) is 6.50. The third-order valence-corrected chi connectivity index (χ3v) is 5.90. The highest BCUT2D eigenvalue weighted by Gasteiger charge is 2.26. The molecule has 1 amide bonds.